The molecule has 2 aromatic carbocycles. The molecule has 0 aliphatic heterocycles. The van der Waals surface area contributed by atoms with Gasteiger partial charge in [0, 0.05) is 33.6 Å². The Morgan fingerprint density at radius 1 is 1.06 bits per heavy atom. The second-order valence-corrected chi connectivity index (χ2v) is 7.93. The summed E-state index contributed by atoms with van der Waals surface area (Å²) in [4.78, 5) is 4.04. The summed E-state index contributed by atoms with van der Waals surface area (Å²) in [5, 5.41) is 8.22. The van der Waals surface area contributed by atoms with E-state index in [2.05, 4.69) is 20.6 Å². The molecule has 2 heterocycles. The summed E-state index contributed by atoms with van der Waals surface area (Å²) in [6, 6.07) is 14.8. The molecule has 0 radical (unpaired) electrons. The number of pyridine rings is 1. The van der Waals surface area contributed by atoms with Crippen LogP contribution in [-0.4, -0.2) is 27.0 Å². The van der Waals surface area contributed by atoms with Gasteiger partial charge in [0.05, 0.1) is 13.7 Å². The van der Waals surface area contributed by atoms with Gasteiger partial charge >= 0.3 is 0 Å². The van der Waals surface area contributed by atoms with Crippen molar-refractivity contribution in [3.63, 3.8) is 0 Å². The van der Waals surface area contributed by atoms with Crippen LogP contribution < -0.4 is 14.9 Å². The lowest BCUT2D eigenvalue weighted by Crippen LogP contribution is -2.16. The van der Waals surface area contributed by atoms with Crippen LogP contribution in [0.25, 0.3) is 11.4 Å². The molecule has 7 nitrogen and oxygen atoms in total. The third kappa shape index (κ3) is 4.88. The van der Waals surface area contributed by atoms with E-state index in [0.717, 1.165) is 16.7 Å². The van der Waals surface area contributed by atoms with E-state index in [4.69, 9.17) is 44.9 Å². The Bertz CT molecular complexity index is 1260. The van der Waals surface area contributed by atoms with E-state index in [1.165, 1.54) is 0 Å². The number of aromatic nitrogens is 4. The van der Waals surface area contributed by atoms with Crippen LogP contribution in [0.5, 0.6) is 11.5 Å². The van der Waals surface area contributed by atoms with Crippen LogP contribution in [-0.2, 0) is 13.2 Å². The number of aromatic amines is 1. The first-order valence-corrected chi connectivity index (χ1v) is 10.8. The zero-order chi connectivity index (χ0) is 22.5. The number of methoxy groups -OCH3 is 1. The molecule has 4 aromatic rings. The molecule has 0 unspecified atom stereocenters. The Hall–Kier alpha value is -3.07. The minimum Gasteiger partial charge on any atom is -0.493 e. The van der Waals surface area contributed by atoms with Crippen molar-refractivity contribution in [2.75, 3.05) is 12.5 Å². The fraction of sp³-hybridized carbons (Fsp3) is 0.136. The lowest BCUT2D eigenvalue weighted by Gasteiger charge is -2.15. The second kappa shape index (κ2) is 10.0. The minimum atomic E-state index is 0.228. The molecule has 0 fully saturated rings. The van der Waals surface area contributed by atoms with E-state index in [1.54, 1.807) is 42.4 Å². The first-order valence-electron chi connectivity index (χ1n) is 9.61. The van der Waals surface area contributed by atoms with E-state index >= 15 is 0 Å². The normalized spacial score (nSPS) is 10.7. The monoisotopic (exact) mass is 487 g/mol. The quantitative estimate of drug-likeness (QED) is 0.313. The van der Waals surface area contributed by atoms with Gasteiger partial charge in [-0.25, -0.2) is 9.77 Å². The van der Waals surface area contributed by atoms with Crippen molar-refractivity contribution in [1.82, 2.24) is 19.9 Å². The molecule has 0 amide bonds. The molecule has 0 aliphatic rings. The Morgan fingerprint density at radius 3 is 2.53 bits per heavy atom. The molecule has 0 bridgehead atoms. The first-order chi connectivity index (χ1) is 15.6. The van der Waals surface area contributed by atoms with Crippen LogP contribution in [0.1, 0.15) is 11.1 Å². The molecule has 2 aromatic heterocycles. The lowest BCUT2D eigenvalue weighted by atomic mass is 10.2. The largest absolute Gasteiger partial charge is 0.493 e. The fourth-order valence-corrected chi connectivity index (χ4v) is 3.77. The molecule has 32 heavy (non-hydrogen) atoms. The van der Waals surface area contributed by atoms with Crippen molar-refractivity contribution >= 4 is 35.4 Å². The minimum absolute atomic E-state index is 0.228. The van der Waals surface area contributed by atoms with E-state index in [-0.39, 0.29) is 6.61 Å². The highest BCUT2D eigenvalue weighted by Crippen LogP contribution is 2.31. The fourth-order valence-electron chi connectivity index (χ4n) is 3.07. The van der Waals surface area contributed by atoms with Crippen LogP contribution >= 0.6 is 35.4 Å². The Kier molecular flexibility index (Phi) is 6.94. The number of hydrogen-bond donors (Lipinski definition) is 2. The number of nitrogens with zero attached hydrogens (tertiary/aromatic N) is 3. The van der Waals surface area contributed by atoms with Gasteiger partial charge in [0.15, 0.2) is 17.3 Å². The summed E-state index contributed by atoms with van der Waals surface area (Å²) >= 11 is 17.8. The maximum Gasteiger partial charge on any atom is 0.214 e. The maximum absolute atomic E-state index is 6.23. The smallest absolute Gasteiger partial charge is 0.214 e. The summed E-state index contributed by atoms with van der Waals surface area (Å²) in [6.07, 6.45) is 3.41. The second-order valence-electron chi connectivity index (χ2n) is 6.73. The molecule has 10 heteroatoms. The van der Waals surface area contributed by atoms with E-state index < -0.39 is 0 Å². The van der Waals surface area contributed by atoms with Crippen LogP contribution in [0, 0.1) is 4.77 Å². The highest BCUT2D eigenvalue weighted by Gasteiger charge is 2.12. The van der Waals surface area contributed by atoms with Gasteiger partial charge in [-0.1, -0.05) is 35.3 Å². The Balaban J connectivity index is 1.48. The molecular formula is C22H19Cl2N5O2S. The summed E-state index contributed by atoms with van der Waals surface area (Å²) in [5.74, 6) is 1.85. The zero-order valence-corrected chi connectivity index (χ0v) is 19.3. The predicted molar refractivity (Wildman–Crippen MR) is 127 cm³/mol. The van der Waals surface area contributed by atoms with Gasteiger partial charge in [-0.05, 0) is 54.2 Å². The highest BCUT2D eigenvalue weighted by molar-refractivity contribution is 7.71. The zero-order valence-electron chi connectivity index (χ0n) is 17.0. The predicted octanol–water partition coefficient (Wildman–Crippen LogP) is 5.64. The summed E-state index contributed by atoms with van der Waals surface area (Å²) in [5.41, 5.74) is 5.87. The van der Waals surface area contributed by atoms with Crippen molar-refractivity contribution in [2.24, 2.45) is 0 Å². The van der Waals surface area contributed by atoms with Gasteiger partial charge in [-0.3, -0.25) is 4.98 Å². The highest BCUT2D eigenvalue weighted by atomic mass is 35.5. The van der Waals surface area contributed by atoms with Crippen LogP contribution in [0.2, 0.25) is 10.0 Å². The summed E-state index contributed by atoms with van der Waals surface area (Å²) < 4.78 is 13.6. The molecule has 0 saturated heterocycles. The molecule has 0 atom stereocenters. The van der Waals surface area contributed by atoms with Crippen molar-refractivity contribution < 1.29 is 9.47 Å². The molecule has 4 rings (SSSR count). The third-order valence-corrected chi connectivity index (χ3v) is 5.70. The number of halogens is 2. The lowest BCUT2D eigenvalue weighted by molar-refractivity contribution is 0.284. The van der Waals surface area contributed by atoms with Crippen LogP contribution in [0.3, 0.4) is 0 Å². The van der Waals surface area contributed by atoms with Gasteiger partial charge in [0.2, 0.25) is 4.77 Å². The number of H-pyrrole nitrogens is 1. The van der Waals surface area contributed by atoms with Gasteiger partial charge in [-0.2, -0.15) is 5.10 Å². The van der Waals surface area contributed by atoms with Crippen molar-refractivity contribution in [3.05, 3.63) is 86.9 Å². The summed E-state index contributed by atoms with van der Waals surface area (Å²) in [7, 11) is 1.59. The molecule has 164 valence electrons. The number of rotatable bonds is 8. The SMILES string of the molecule is COc1cc(CNn2c(-c3ccncc3)n[nH]c2=S)ccc1OCc1c(Cl)cccc1Cl. The topological polar surface area (TPSA) is 77.0 Å². The number of nitrogens with one attached hydrogen (secondary N) is 2. The summed E-state index contributed by atoms with van der Waals surface area (Å²) in [6.45, 7) is 0.713. The Morgan fingerprint density at radius 2 is 1.81 bits per heavy atom. The van der Waals surface area contributed by atoms with E-state index in [1.807, 2.05) is 30.3 Å². The average molecular weight is 488 g/mol. The van der Waals surface area contributed by atoms with E-state index in [0.29, 0.717) is 38.7 Å². The van der Waals surface area contributed by atoms with Gasteiger partial charge in [0.25, 0.3) is 0 Å². The standard InChI is InChI=1S/C22H19Cl2N5O2S/c1-30-20-11-14(5-6-19(20)31-13-16-17(23)3-2-4-18(16)24)12-26-29-21(27-28-22(29)32)15-7-9-25-10-8-15/h2-11,26H,12-13H2,1H3,(H,28,32). The van der Waals surface area contributed by atoms with Crippen LogP contribution in [0.15, 0.2) is 60.9 Å². The molecule has 0 aliphatic carbocycles. The maximum atomic E-state index is 6.23. The average Bonchev–Trinajstić information content (AvgIpc) is 3.18. The molecule has 0 saturated carbocycles. The van der Waals surface area contributed by atoms with Gasteiger partial charge in [-0.15, -0.1) is 0 Å². The molecule has 0 spiro atoms. The van der Waals surface area contributed by atoms with Crippen molar-refractivity contribution in [2.45, 2.75) is 13.2 Å². The number of hydrogen-bond acceptors (Lipinski definition) is 6. The number of ether oxygens (including phenoxy) is 2. The van der Waals surface area contributed by atoms with Crippen molar-refractivity contribution in [1.29, 1.82) is 0 Å². The number of benzene rings is 2. The van der Waals surface area contributed by atoms with Gasteiger partial charge in [0.1, 0.15) is 6.61 Å². The Labute approximate surface area is 199 Å². The van der Waals surface area contributed by atoms with E-state index in [9.17, 15) is 0 Å². The first kappa shape index (κ1) is 22.1. The molecule has 2 N–H and O–H groups in total. The van der Waals surface area contributed by atoms with Crippen molar-refractivity contribution in [3.8, 4) is 22.9 Å². The van der Waals surface area contributed by atoms with Crippen LogP contribution in [0.4, 0.5) is 0 Å². The molecular weight excluding hydrogens is 469 g/mol. The third-order valence-electron chi connectivity index (χ3n) is 4.71. The van der Waals surface area contributed by atoms with Gasteiger partial charge < -0.3 is 14.9 Å².